The summed E-state index contributed by atoms with van der Waals surface area (Å²) in [6.07, 6.45) is 5.96. The first-order valence-electron chi connectivity index (χ1n) is 5.96. The Morgan fingerprint density at radius 1 is 1.24 bits per heavy atom. The highest BCUT2D eigenvalue weighted by Crippen LogP contribution is 2.25. The average molecular weight is 262 g/mol. The normalized spacial score (nSPS) is 17.6. The van der Waals surface area contributed by atoms with Gasteiger partial charge < -0.3 is 4.90 Å². The highest BCUT2D eigenvalue weighted by molar-refractivity contribution is 7.88. The second-order valence-corrected chi connectivity index (χ2v) is 7.03. The number of carbonyl (C=O) groups is 1. The van der Waals surface area contributed by atoms with Crippen molar-refractivity contribution in [1.29, 1.82) is 0 Å². The molecule has 0 aromatic heterocycles. The molecular weight excluding hydrogens is 240 g/mol. The van der Waals surface area contributed by atoms with Gasteiger partial charge in [0.2, 0.25) is 15.9 Å². The summed E-state index contributed by atoms with van der Waals surface area (Å²) < 4.78 is 23.5. The van der Waals surface area contributed by atoms with Crippen LogP contribution in [0.15, 0.2) is 0 Å². The molecule has 1 aliphatic rings. The Morgan fingerprint density at radius 2 is 1.76 bits per heavy atom. The molecular formula is C11H22N2O3S. The second-order valence-electron chi connectivity index (χ2n) is 4.94. The van der Waals surface area contributed by atoms with E-state index in [0.29, 0.717) is 5.92 Å². The van der Waals surface area contributed by atoms with Gasteiger partial charge in [0.25, 0.3) is 0 Å². The number of nitrogens with zero attached hydrogens (tertiary/aromatic N) is 2. The third-order valence-corrected chi connectivity index (χ3v) is 4.62. The zero-order chi connectivity index (χ0) is 13.1. The number of carbonyl (C=O) groups excluding carboxylic acids is 1. The van der Waals surface area contributed by atoms with Crippen LogP contribution in [0, 0.1) is 5.92 Å². The van der Waals surface area contributed by atoms with E-state index in [4.69, 9.17) is 0 Å². The first kappa shape index (κ1) is 14.4. The molecule has 1 amide bonds. The molecule has 0 unspecified atom stereocenters. The third kappa shape index (κ3) is 4.63. The van der Waals surface area contributed by atoms with E-state index in [1.807, 2.05) is 0 Å². The largest absolute Gasteiger partial charge is 0.344 e. The Balaban J connectivity index is 2.41. The molecule has 0 aliphatic heterocycles. The van der Waals surface area contributed by atoms with Crippen molar-refractivity contribution in [3.8, 4) is 0 Å². The van der Waals surface area contributed by atoms with Gasteiger partial charge in [0.1, 0.15) is 0 Å². The van der Waals surface area contributed by atoms with E-state index in [0.717, 1.165) is 17.1 Å². The Labute approximate surface area is 104 Å². The molecule has 1 rings (SSSR count). The fourth-order valence-corrected chi connectivity index (χ4v) is 2.46. The zero-order valence-corrected chi connectivity index (χ0v) is 11.7. The Kier molecular flexibility index (Phi) is 4.94. The SMILES string of the molecule is CN(CC1CCCC1)C(=O)CN(C)S(C)(=O)=O. The standard InChI is InChI=1S/C11H22N2O3S/c1-12(8-10-6-4-5-7-10)11(14)9-13(2)17(3,15)16/h10H,4-9H2,1-3H3. The van der Waals surface area contributed by atoms with E-state index >= 15 is 0 Å². The van der Waals surface area contributed by atoms with Crippen LogP contribution in [0.25, 0.3) is 0 Å². The van der Waals surface area contributed by atoms with Crippen LogP contribution >= 0.6 is 0 Å². The molecule has 0 saturated heterocycles. The van der Waals surface area contributed by atoms with E-state index in [1.54, 1.807) is 11.9 Å². The molecule has 17 heavy (non-hydrogen) atoms. The topological polar surface area (TPSA) is 57.7 Å². The second kappa shape index (κ2) is 5.82. The molecule has 0 atom stereocenters. The smallest absolute Gasteiger partial charge is 0.237 e. The van der Waals surface area contributed by atoms with E-state index in [2.05, 4.69) is 0 Å². The predicted molar refractivity (Wildman–Crippen MR) is 67.1 cm³/mol. The molecule has 0 aromatic carbocycles. The van der Waals surface area contributed by atoms with Crippen LogP contribution < -0.4 is 0 Å². The maximum absolute atomic E-state index is 11.8. The lowest BCUT2D eigenvalue weighted by Crippen LogP contribution is -2.40. The number of sulfonamides is 1. The van der Waals surface area contributed by atoms with E-state index in [9.17, 15) is 13.2 Å². The van der Waals surface area contributed by atoms with Crippen molar-refractivity contribution in [3.63, 3.8) is 0 Å². The number of hydrogen-bond donors (Lipinski definition) is 0. The first-order valence-corrected chi connectivity index (χ1v) is 7.81. The summed E-state index contributed by atoms with van der Waals surface area (Å²) in [6.45, 7) is 0.679. The Bertz CT molecular complexity index is 361. The Morgan fingerprint density at radius 3 is 2.24 bits per heavy atom. The molecule has 0 heterocycles. The summed E-state index contributed by atoms with van der Waals surface area (Å²) in [6, 6.07) is 0. The minimum atomic E-state index is -3.27. The minimum Gasteiger partial charge on any atom is -0.344 e. The van der Waals surface area contributed by atoms with E-state index in [1.165, 1.54) is 32.7 Å². The van der Waals surface area contributed by atoms with Crippen LogP contribution in [0.5, 0.6) is 0 Å². The van der Waals surface area contributed by atoms with Crippen LogP contribution in [-0.2, 0) is 14.8 Å². The van der Waals surface area contributed by atoms with Crippen LogP contribution in [0.3, 0.4) is 0 Å². The summed E-state index contributed by atoms with van der Waals surface area (Å²) >= 11 is 0. The molecule has 1 saturated carbocycles. The molecule has 0 radical (unpaired) electrons. The third-order valence-electron chi connectivity index (χ3n) is 3.36. The summed E-state index contributed by atoms with van der Waals surface area (Å²) in [5.41, 5.74) is 0. The first-order chi connectivity index (χ1) is 7.80. The van der Waals surface area contributed by atoms with Crippen molar-refractivity contribution in [2.24, 2.45) is 5.92 Å². The fraction of sp³-hybridized carbons (Fsp3) is 0.909. The summed E-state index contributed by atoms with van der Waals surface area (Å²) in [7, 11) is -0.0988. The van der Waals surface area contributed by atoms with E-state index in [-0.39, 0.29) is 12.5 Å². The maximum Gasteiger partial charge on any atom is 0.237 e. The van der Waals surface area contributed by atoms with Gasteiger partial charge in [0, 0.05) is 20.6 Å². The Hall–Kier alpha value is -0.620. The van der Waals surface area contributed by atoms with Gasteiger partial charge in [-0.15, -0.1) is 0 Å². The molecule has 0 bridgehead atoms. The molecule has 0 aromatic rings. The predicted octanol–water partition coefficient (Wildman–Crippen LogP) is 0.526. The number of hydrogen-bond acceptors (Lipinski definition) is 3. The van der Waals surface area contributed by atoms with Crippen molar-refractivity contribution in [3.05, 3.63) is 0 Å². The zero-order valence-electron chi connectivity index (χ0n) is 10.8. The highest BCUT2D eigenvalue weighted by atomic mass is 32.2. The number of likely N-dealkylation sites (N-methyl/N-ethyl adjacent to an activating group) is 2. The number of amides is 1. The van der Waals surface area contributed by atoms with Gasteiger partial charge in [-0.25, -0.2) is 8.42 Å². The van der Waals surface area contributed by atoms with Crippen molar-refractivity contribution < 1.29 is 13.2 Å². The maximum atomic E-state index is 11.8. The fourth-order valence-electron chi connectivity index (χ4n) is 2.11. The molecule has 5 nitrogen and oxygen atoms in total. The lowest BCUT2D eigenvalue weighted by Gasteiger charge is -2.23. The summed E-state index contributed by atoms with van der Waals surface area (Å²) in [5.74, 6) is 0.456. The van der Waals surface area contributed by atoms with Gasteiger partial charge in [-0.1, -0.05) is 12.8 Å². The minimum absolute atomic E-state index is 0.0674. The summed E-state index contributed by atoms with van der Waals surface area (Å²) in [4.78, 5) is 13.5. The van der Waals surface area contributed by atoms with Crippen LogP contribution in [0.4, 0.5) is 0 Å². The van der Waals surface area contributed by atoms with Crippen LogP contribution in [-0.4, -0.2) is 57.0 Å². The van der Waals surface area contributed by atoms with Crippen LogP contribution in [0.1, 0.15) is 25.7 Å². The lowest BCUT2D eigenvalue weighted by molar-refractivity contribution is -0.130. The lowest BCUT2D eigenvalue weighted by atomic mass is 10.1. The highest BCUT2D eigenvalue weighted by Gasteiger charge is 2.22. The molecule has 0 spiro atoms. The monoisotopic (exact) mass is 262 g/mol. The van der Waals surface area contributed by atoms with E-state index < -0.39 is 10.0 Å². The quantitative estimate of drug-likeness (QED) is 0.726. The van der Waals surface area contributed by atoms with Gasteiger partial charge in [-0.2, -0.15) is 4.31 Å². The summed E-state index contributed by atoms with van der Waals surface area (Å²) in [5, 5.41) is 0. The van der Waals surface area contributed by atoms with Gasteiger partial charge in [-0.05, 0) is 18.8 Å². The van der Waals surface area contributed by atoms with Crippen molar-refractivity contribution >= 4 is 15.9 Å². The molecule has 6 heteroatoms. The van der Waals surface area contributed by atoms with Crippen molar-refractivity contribution in [1.82, 2.24) is 9.21 Å². The van der Waals surface area contributed by atoms with Crippen molar-refractivity contribution in [2.75, 3.05) is 33.4 Å². The average Bonchev–Trinajstić information content (AvgIpc) is 2.68. The molecule has 1 aliphatic carbocycles. The van der Waals surface area contributed by atoms with Crippen LogP contribution in [0.2, 0.25) is 0 Å². The van der Waals surface area contributed by atoms with Gasteiger partial charge >= 0.3 is 0 Å². The van der Waals surface area contributed by atoms with Gasteiger partial charge in [0.15, 0.2) is 0 Å². The van der Waals surface area contributed by atoms with Gasteiger partial charge in [0.05, 0.1) is 12.8 Å². The molecule has 100 valence electrons. The molecule has 0 N–H and O–H groups in total. The molecule has 1 fully saturated rings. The van der Waals surface area contributed by atoms with Gasteiger partial charge in [-0.3, -0.25) is 4.79 Å². The number of rotatable bonds is 5. The van der Waals surface area contributed by atoms with Crippen molar-refractivity contribution in [2.45, 2.75) is 25.7 Å².